The molecule has 1 amide bonds. The van der Waals surface area contributed by atoms with Crippen molar-refractivity contribution in [1.82, 2.24) is 4.98 Å². The van der Waals surface area contributed by atoms with Crippen molar-refractivity contribution >= 4 is 11.7 Å². The molecule has 0 saturated carbocycles. The van der Waals surface area contributed by atoms with Gasteiger partial charge < -0.3 is 10.4 Å². The van der Waals surface area contributed by atoms with E-state index >= 15 is 0 Å². The van der Waals surface area contributed by atoms with Crippen molar-refractivity contribution in [2.24, 2.45) is 0 Å². The SMILES string of the molecule is O=C(Nc1ccc(O)cn1)c1ccccc1. The first-order valence-corrected chi connectivity index (χ1v) is 4.77. The lowest BCUT2D eigenvalue weighted by molar-refractivity contribution is 0.102. The molecule has 0 aliphatic heterocycles. The lowest BCUT2D eigenvalue weighted by Gasteiger charge is -2.03. The number of hydrogen-bond donors (Lipinski definition) is 2. The van der Waals surface area contributed by atoms with E-state index in [4.69, 9.17) is 5.11 Å². The van der Waals surface area contributed by atoms with E-state index < -0.39 is 0 Å². The van der Waals surface area contributed by atoms with E-state index in [1.165, 1.54) is 18.3 Å². The number of carbonyl (C=O) groups is 1. The zero-order valence-corrected chi connectivity index (χ0v) is 8.42. The first-order chi connectivity index (χ1) is 7.75. The number of anilines is 1. The predicted octanol–water partition coefficient (Wildman–Crippen LogP) is 2.04. The minimum atomic E-state index is -0.223. The van der Waals surface area contributed by atoms with E-state index in [1.807, 2.05) is 6.07 Å². The van der Waals surface area contributed by atoms with Crippen LogP contribution in [0.4, 0.5) is 5.82 Å². The van der Waals surface area contributed by atoms with Gasteiger partial charge >= 0.3 is 0 Å². The minimum Gasteiger partial charge on any atom is -0.506 e. The Kier molecular flexibility index (Phi) is 2.82. The van der Waals surface area contributed by atoms with Crippen LogP contribution in [0.3, 0.4) is 0 Å². The Bertz CT molecular complexity index is 480. The molecule has 2 N–H and O–H groups in total. The second-order valence-electron chi connectivity index (χ2n) is 3.22. The number of rotatable bonds is 2. The van der Waals surface area contributed by atoms with E-state index in [2.05, 4.69) is 10.3 Å². The standard InChI is InChI=1S/C12H10N2O2/c15-10-6-7-11(13-8-10)14-12(16)9-4-2-1-3-5-9/h1-8,15H,(H,13,14,16). The third-order valence-electron chi connectivity index (χ3n) is 2.03. The zero-order chi connectivity index (χ0) is 11.4. The average Bonchev–Trinajstić information content (AvgIpc) is 2.33. The van der Waals surface area contributed by atoms with Gasteiger partial charge in [0.15, 0.2) is 0 Å². The molecule has 0 saturated heterocycles. The monoisotopic (exact) mass is 214 g/mol. The number of benzene rings is 1. The van der Waals surface area contributed by atoms with Gasteiger partial charge in [0, 0.05) is 5.56 Å². The minimum absolute atomic E-state index is 0.0673. The van der Waals surface area contributed by atoms with Crippen LogP contribution in [-0.2, 0) is 0 Å². The number of nitrogens with zero attached hydrogens (tertiary/aromatic N) is 1. The van der Waals surface area contributed by atoms with E-state index in [1.54, 1.807) is 24.3 Å². The number of aromatic hydroxyl groups is 1. The maximum absolute atomic E-state index is 11.7. The van der Waals surface area contributed by atoms with Gasteiger partial charge in [-0.2, -0.15) is 0 Å². The van der Waals surface area contributed by atoms with Crippen molar-refractivity contribution in [3.63, 3.8) is 0 Å². The van der Waals surface area contributed by atoms with E-state index in [0.717, 1.165) is 0 Å². The summed E-state index contributed by atoms with van der Waals surface area (Å²) in [7, 11) is 0. The summed E-state index contributed by atoms with van der Waals surface area (Å²) in [4.78, 5) is 15.5. The Labute approximate surface area is 92.6 Å². The molecule has 0 aliphatic rings. The van der Waals surface area contributed by atoms with Gasteiger partial charge in [0.05, 0.1) is 6.20 Å². The van der Waals surface area contributed by atoms with Gasteiger partial charge in [-0.15, -0.1) is 0 Å². The molecule has 0 radical (unpaired) electrons. The summed E-state index contributed by atoms with van der Waals surface area (Å²) < 4.78 is 0. The van der Waals surface area contributed by atoms with Gasteiger partial charge in [0.1, 0.15) is 11.6 Å². The summed E-state index contributed by atoms with van der Waals surface area (Å²) in [6.07, 6.45) is 1.28. The summed E-state index contributed by atoms with van der Waals surface area (Å²) in [5.41, 5.74) is 0.567. The maximum atomic E-state index is 11.7. The second kappa shape index (κ2) is 4.44. The molecule has 1 aromatic heterocycles. The fraction of sp³-hybridized carbons (Fsp3) is 0. The smallest absolute Gasteiger partial charge is 0.256 e. The summed E-state index contributed by atoms with van der Waals surface area (Å²) in [6.45, 7) is 0. The second-order valence-corrected chi connectivity index (χ2v) is 3.22. The molecule has 0 unspecified atom stereocenters. The van der Waals surface area contributed by atoms with Crippen LogP contribution in [0.15, 0.2) is 48.7 Å². The van der Waals surface area contributed by atoms with Crippen LogP contribution in [0.5, 0.6) is 5.75 Å². The molecule has 1 aromatic carbocycles. The van der Waals surface area contributed by atoms with E-state index in [9.17, 15) is 4.79 Å². The molecule has 2 rings (SSSR count). The molecule has 4 nitrogen and oxygen atoms in total. The molecule has 0 atom stereocenters. The van der Waals surface area contributed by atoms with Gasteiger partial charge in [-0.3, -0.25) is 4.79 Å². The van der Waals surface area contributed by atoms with Crippen LogP contribution in [0, 0.1) is 0 Å². The highest BCUT2D eigenvalue weighted by atomic mass is 16.3. The molecule has 2 aromatic rings. The highest BCUT2D eigenvalue weighted by molar-refractivity contribution is 6.03. The molecule has 0 aliphatic carbocycles. The molecule has 80 valence electrons. The molecule has 16 heavy (non-hydrogen) atoms. The van der Waals surface area contributed by atoms with Crippen LogP contribution in [0.2, 0.25) is 0 Å². The molecule has 0 fully saturated rings. The first kappa shape index (κ1) is 10.2. The van der Waals surface area contributed by atoms with Crippen LogP contribution < -0.4 is 5.32 Å². The van der Waals surface area contributed by atoms with E-state index in [-0.39, 0.29) is 11.7 Å². The number of hydrogen-bond acceptors (Lipinski definition) is 3. The summed E-state index contributed by atoms with van der Waals surface area (Å²) in [6, 6.07) is 11.9. The lowest BCUT2D eigenvalue weighted by Crippen LogP contribution is -2.12. The van der Waals surface area contributed by atoms with Crippen molar-refractivity contribution in [3.8, 4) is 5.75 Å². The van der Waals surface area contributed by atoms with Crippen molar-refractivity contribution in [2.45, 2.75) is 0 Å². The van der Waals surface area contributed by atoms with Crippen molar-refractivity contribution in [1.29, 1.82) is 0 Å². The lowest BCUT2D eigenvalue weighted by atomic mass is 10.2. The Morgan fingerprint density at radius 2 is 1.88 bits per heavy atom. The molecular formula is C12H10N2O2. The van der Waals surface area contributed by atoms with Crippen molar-refractivity contribution in [2.75, 3.05) is 5.32 Å². The van der Waals surface area contributed by atoms with Crippen LogP contribution in [0.1, 0.15) is 10.4 Å². The molecule has 0 bridgehead atoms. The highest BCUT2D eigenvalue weighted by Gasteiger charge is 2.05. The largest absolute Gasteiger partial charge is 0.506 e. The Hall–Kier alpha value is -2.36. The number of aromatic nitrogens is 1. The number of pyridine rings is 1. The Morgan fingerprint density at radius 1 is 1.12 bits per heavy atom. The van der Waals surface area contributed by atoms with Gasteiger partial charge in [0.25, 0.3) is 5.91 Å². The highest BCUT2D eigenvalue weighted by Crippen LogP contribution is 2.10. The van der Waals surface area contributed by atoms with Gasteiger partial charge in [-0.25, -0.2) is 4.98 Å². The third kappa shape index (κ3) is 2.36. The van der Waals surface area contributed by atoms with Crippen LogP contribution in [-0.4, -0.2) is 16.0 Å². The predicted molar refractivity (Wildman–Crippen MR) is 60.3 cm³/mol. The van der Waals surface area contributed by atoms with E-state index in [0.29, 0.717) is 11.4 Å². The Balaban J connectivity index is 2.11. The number of nitrogens with one attached hydrogen (secondary N) is 1. The van der Waals surface area contributed by atoms with Crippen molar-refractivity contribution in [3.05, 3.63) is 54.2 Å². The fourth-order valence-corrected chi connectivity index (χ4v) is 1.24. The molecule has 1 heterocycles. The normalized spacial score (nSPS) is 9.75. The van der Waals surface area contributed by atoms with Crippen LogP contribution in [0.25, 0.3) is 0 Å². The van der Waals surface area contributed by atoms with Gasteiger partial charge in [-0.05, 0) is 24.3 Å². The average molecular weight is 214 g/mol. The Morgan fingerprint density at radius 3 is 2.50 bits per heavy atom. The fourth-order valence-electron chi connectivity index (χ4n) is 1.24. The quantitative estimate of drug-likeness (QED) is 0.804. The van der Waals surface area contributed by atoms with Gasteiger partial charge in [-0.1, -0.05) is 18.2 Å². The topological polar surface area (TPSA) is 62.2 Å². The molecule has 4 heteroatoms. The number of carbonyl (C=O) groups excluding carboxylic acids is 1. The summed E-state index contributed by atoms with van der Waals surface area (Å²) in [5.74, 6) is 0.253. The maximum Gasteiger partial charge on any atom is 0.256 e. The summed E-state index contributed by atoms with van der Waals surface area (Å²) >= 11 is 0. The molecule has 0 spiro atoms. The zero-order valence-electron chi connectivity index (χ0n) is 8.42. The van der Waals surface area contributed by atoms with Gasteiger partial charge in [0.2, 0.25) is 0 Å². The third-order valence-corrected chi connectivity index (χ3v) is 2.03. The molecular weight excluding hydrogens is 204 g/mol. The number of amides is 1. The van der Waals surface area contributed by atoms with Crippen LogP contribution >= 0.6 is 0 Å². The van der Waals surface area contributed by atoms with Crippen molar-refractivity contribution < 1.29 is 9.90 Å². The summed E-state index contributed by atoms with van der Waals surface area (Å²) in [5, 5.41) is 11.7. The first-order valence-electron chi connectivity index (χ1n) is 4.77.